The van der Waals surface area contributed by atoms with Crippen LogP contribution in [0.2, 0.25) is 0 Å². The van der Waals surface area contributed by atoms with Gasteiger partial charge >= 0.3 is 11.9 Å². The molecule has 0 fully saturated rings. The number of aliphatic carboxylic acids is 1. The topological polar surface area (TPSA) is 119 Å². The van der Waals surface area contributed by atoms with Crippen molar-refractivity contribution in [1.82, 2.24) is 5.32 Å². The summed E-state index contributed by atoms with van der Waals surface area (Å²) in [5.41, 5.74) is 5.49. The van der Waals surface area contributed by atoms with E-state index >= 15 is 0 Å². The number of nitrogens with one attached hydrogen (secondary N) is 1. The number of esters is 1. The molecule has 0 aliphatic carbocycles. The Balaban J connectivity index is 4.18. The van der Waals surface area contributed by atoms with Crippen molar-refractivity contribution in [3.05, 3.63) is 24.3 Å². The fraction of sp³-hybridized carbons (Fsp3) is 0.863. The predicted octanol–water partition coefficient (Wildman–Crippen LogP) is 14.8. The van der Waals surface area contributed by atoms with E-state index in [-0.39, 0.29) is 18.0 Å². The number of hydrogen-bond donors (Lipinski definition) is 3. The molecule has 0 aromatic carbocycles. The fourth-order valence-corrected chi connectivity index (χ4v) is 7.72. The van der Waals surface area contributed by atoms with Crippen LogP contribution in [-0.2, 0) is 19.1 Å². The number of rotatable bonds is 46. The van der Waals surface area contributed by atoms with Crippen LogP contribution in [0.15, 0.2) is 24.3 Å². The summed E-state index contributed by atoms with van der Waals surface area (Å²) in [7, 11) is 0. The minimum Gasteiger partial charge on any atom is -0.480 e. The normalized spacial score (nSPS) is 12.7. The van der Waals surface area contributed by atoms with Gasteiger partial charge in [-0.1, -0.05) is 199 Å². The number of carbonyl (C=O) groups excluding carboxylic acids is 2. The van der Waals surface area contributed by atoms with E-state index in [1.54, 1.807) is 0 Å². The molecule has 1 amide bonds. The second-order valence-corrected chi connectivity index (χ2v) is 17.2. The van der Waals surface area contributed by atoms with Gasteiger partial charge in [-0.3, -0.25) is 9.59 Å². The number of amides is 1. The number of carboxylic acids is 1. The van der Waals surface area contributed by atoms with Gasteiger partial charge in [0.15, 0.2) is 0 Å². The SMILES string of the molecule is CCCCC/C=C\C/C=C\CCCC(CCCCCCCC(=O)NC(CCCN)C(=O)O)OC(=O)CCCCCCCCCCCCCCCCCCCCCCC. The van der Waals surface area contributed by atoms with Gasteiger partial charge in [-0.25, -0.2) is 4.79 Å². The molecule has 0 rings (SSSR count). The van der Waals surface area contributed by atoms with Crippen LogP contribution in [0.1, 0.15) is 264 Å². The number of allylic oxidation sites excluding steroid dienone is 4. The third-order valence-electron chi connectivity index (χ3n) is 11.5. The monoisotopic (exact) mass is 817 g/mol. The van der Waals surface area contributed by atoms with E-state index in [1.165, 1.54) is 148 Å². The maximum absolute atomic E-state index is 12.8. The third-order valence-corrected chi connectivity index (χ3v) is 11.5. The van der Waals surface area contributed by atoms with E-state index in [9.17, 15) is 19.5 Å². The van der Waals surface area contributed by atoms with Crippen molar-refractivity contribution in [1.29, 1.82) is 0 Å². The highest BCUT2D eigenvalue weighted by molar-refractivity contribution is 5.83. The van der Waals surface area contributed by atoms with E-state index in [0.29, 0.717) is 32.2 Å². The maximum atomic E-state index is 12.8. The molecule has 0 spiro atoms. The Labute approximate surface area is 359 Å². The van der Waals surface area contributed by atoms with E-state index in [4.69, 9.17) is 10.5 Å². The first-order valence-electron chi connectivity index (χ1n) is 25.2. The number of ether oxygens (including phenoxy) is 1. The van der Waals surface area contributed by atoms with Gasteiger partial charge in [0, 0.05) is 12.8 Å². The molecule has 2 unspecified atom stereocenters. The van der Waals surface area contributed by atoms with Crippen LogP contribution in [-0.4, -0.2) is 41.6 Å². The van der Waals surface area contributed by atoms with Crippen molar-refractivity contribution in [3.8, 4) is 0 Å². The first kappa shape index (κ1) is 55.9. The molecule has 0 radical (unpaired) electrons. The first-order valence-corrected chi connectivity index (χ1v) is 25.2. The van der Waals surface area contributed by atoms with E-state index in [1.807, 2.05) is 0 Å². The molecular weight excluding hydrogens is 721 g/mol. The number of nitrogens with two attached hydrogens (primary N) is 1. The van der Waals surface area contributed by atoms with Crippen LogP contribution in [0.25, 0.3) is 0 Å². The molecule has 0 heterocycles. The number of unbranched alkanes of at least 4 members (excludes halogenated alkanes) is 28. The van der Waals surface area contributed by atoms with Crippen LogP contribution in [0.3, 0.4) is 0 Å². The highest BCUT2D eigenvalue weighted by atomic mass is 16.5. The van der Waals surface area contributed by atoms with Gasteiger partial charge in [-0.2, -0.15) is 0 Å². The van der Waals surface area contributed by atoms with Crippen LogP contribution >= 0.6 is 0 Å². The van der Waals surface area contributed by atoms with E-state index in [2.05, 4.69) is 43.5 Å². The lowest BCUT2D eigenvalue weighted by Gasteiger charge is -2.18. The lowest BCUT2D eigenvalue weighted by Crippen LogP contribution is -2.40. The zero-order valence-corrected chi connectivity index (χ0v) is 38.4. The first-order chi connectivity index (χ1) is 28.4. The zero-order chi connectivity index (χ0) is 42.4. The summed E-state index contributed by atoms with van der Waals surface area (Å²) in [6.45, 7) is 4.94. The van der Waals surface area contributed by atoms with Gasteiger partial charge in [0.05, 0.1) is 0 Å². The molecule has 2 atom stereocenters. The quantitative estimate of drug-likeness (QED) is 0.0320. The second-order valence-electron chi connectivity index (χ2n) is 17.2. The Morgan fingerprint density at radius 1 is 0.500 bits per heavy atom. The van der Waals surface area contributed by atoms with Gasteiger partial charge in [0.1, 0.15) is 12.1 Å². The van der Waals surface area contributed by atoms with Crippen molar-refractivity contribution in [2.75, 3.05) is 6.54 Å². The molecule has 4 N–H and O–H groups in total. The van der Waals surface area contributed by atoms with Crippen molar-refractivity contribution < 1.29 is 24.2 Å². The van der Waals surface area contributed by atoms with Gasteiger partial charge < -0.3 is 20.9 Å². The minimum atomic E-state index is -1.01. The lowest BCUT2D eigenvalue weighted by molar-refractivity contribution is -0.150. The van der Waals surface area contributed by atoms with Gasteiger partial charge in [-0.15, -0.1) is 0 Å². The molecule has 0 saturated carbocycles. The Morgan fingerprint density at radius 2 is 0.914 bits per heavy atom. The lowest BCUT2D eigenvalue weighted by atomic mass is 10.0. The van der Waals surface area contributed by atoms with Crippen molar-refractivity contribution in [2.45, 2.75) is 276 Å². The number of carbonyl (C=O) groups is 3. The Hall–Kier alpha value is -2.15. The summed E-state index contributed by atoms with van der Waals surface area (Å²) in [5.74, 6) is -1.25. The third kappa shape index (κ3) is 42.0. The minimum absolute atomic E-state index is 0.0264. The Kier molecular flexibility index (Phi) is 44.2. The standard InChI is InChI=1S/C51H96N2O5/c1-3-5-7-9-11-13-15-16-17-18-19-20-21-22-23-24-26-28-30-35-39-45-50(55)58-47(41-36-32-29-27-25-14-12-10-8-6-4-2)42-37-33-31-34-38-44-49(54)53-48(51(56)57)43-40-46-52/h12,14,27,29,47-48H,3-11,13,15-26,28,30-46,52H2,1-2H3,(H,53,54)(H,56,57)/b14-12-,29-27-. The predicted molar refractivity (Wildman–Crippen MR) is 248 cm³/mol. The maximum Gasteiger partial charge on any atom is 0.326 e. The smallest absolute Gasteiger partial charge is 0.326 e. The van der Waals surface area contributed by atoms with Crippen LogP contribution in [0.4, 0.5) is 0 Å². The average molecular weight is 817 g/mol. The van der Waals surface area contributed by atoms with Gasteiger partial charge in [-0.05, 0) is 83.6 Å². The number of carboxylic acid groups (broad SMARTS) is 1. The van der Waals surface area contributed by atoms with Crippen molar-refractivity contribution in [3.63, 3.8) is 0 Å². The Morgan fingerprint density at radius 3 is 1.40 bits per heavy atom. The van der Waals surface area contributed by atoms with Crippen molar-refractivity contribution >= 4 is 17.8 Å². The second kappa shape index (κ2) is 45.9. The molecule has 7 heteroatoms. The zero-order valence-electron chi connectivity index (χ0n) is 38.4. The summed E-state index contributed by atoms with van der Waals surface area (Å²) in [4.78, 5) is 36.5. The molecular formula is C51H96N2O5. The molecule has 0 saturated heterocycles. The van der Waals surface area contributed by atoms with Gasteiger partial charge in [0.25, 0.3) is 0 Å². The molecule has 0 aliphatic heterocycles. The molecule has 7 nitrogen and oxygen atoms in total. The summed E-state index contributed by atoms with van der Waals surface area (Å²) in [6, 6.07) is -0.859. The molecule has 340 valence electrons. The fourth-order valence-electron chi connectivity index (χ4n) is 7.72. The van der Waals surface area contributed by atoms with E-state index < -0.39 is 12.0 Å². The average Bonchev–Trinajstić information content (AvgIpc) is 3.21. The molecule has 58 heavy (non-hydrogen) atoms. The molecule has 0 aromatic rings. The summed E-state index contributed by atoms with van der Waals surface area (Å²) in [6.07, 6.45) is 53.9. The molecule has 0 aliphatic rings. The van der Waals surface area contributed by atoms with Crippen LogP contribution in [0.5, 0.6) is 0 Å². The van der Waals surface area contributed by atoms with Crippen molar-refractivity contribution in [2.24, 2.45) is 5.73 Å². The summed E-state index contributed by atoms with van der Waals surface area (Å²) in [5, 5.41) is 12.0. The van der Waals surface area contributed by atoms with Crippen LogP contribution in [0, 0.1) is 0 Å². The summed E-state index contributed by atoms with van der Waals surface area (Å²) < 4.78 is 6.05. The summed E-state index contributed by atoms with van der Waals surface area (Å²) >= 11 is 0. The van der Waals surface area contributed by atoms with Crippen LogP contribution < -0.4 is 11.1 Å². The highest BCUT2D eigenvalue weighted by Crippen LogP contribution is 2.19. The molecule has 0 bridgehead atoms. The largest absolute Gasteiger partial charge is 0.480 e. The highest BCUT2D eigenvalue weighted by Gasteiger charge is 2.19. The Bertz CT molecular complexity index is 967. The number of hydrogen-bond acceptors (Lipinski definition) is 5. The van der Waals surface area contributed by atoms with Gasteiger partial charge in [0.2, 0.25) is 5.91 Å². The molecule has 0 aromatic heterocycles. The van der Waals surface area contributed by atoms with E-state index in [0.717, 1.165) is 77.0 Å².